The second-order valence-corrected chi connectivity index (χ2v) is 4.69. The molecule has 0 spiro atoms. The predicted octanol–water partition coefficient (Wildman–Crippen LogP) is 2.53. The van der Waals surface area contributed by atoms with Crippen LogP contribution in [0.1, 0.15) is 34.1 Å². The van der Waals surface area contributed by atoms with Crippen molar-refractivity contribution in [2.75, 3.05) is 0 Å². The van der Waals surface area contributed by atoms with Crippen LogP contribution < -0.4 is 5.73 Å². The standard InChI is InChI=1S/C14H18FN3/c1-8-7-11(15)5-6-12(8)14(16)13-9(2)17-18(4)10(13)3/h5-7,14H,16H2,1-4H3. The van der Waals surface area contributed by atoms with Crippen LogP contribution >= 0.6 is 0 Å². The summed E-state index contributed by atoms with van der Waals surface area (Å²) >= 11 is 0. The second kappa shape index (κ2) is 4.53. The molecule has 2 rings (SSSR count). The van der Waals surface area contributed by atoms with E-state index in [2.05, 4.69) is 5.10 Å². The van der Waals surface area contributed by atoms with Crippen molar-refractivity contribution >= 4 is 0 Å². The molecule has 18 heavy (non-hydrogen) atoms. The molecule has 0 amide bonds. The Bertz CT molecular complexity index is 587. The monoisotopic (exact) mass is 247 g/mol. The minimum atomic E-state index is -0.265. The number of hydrogen-bond donors (Lipinski definition) is 1. The summed E-state index contributed by atoms with van der Waals surface area (Å²) in [7, 11) is 1.90. The van der Waals surface area contributed by atoms with E-state index in [9.17, 15) is 4.39 Å². The van der Waals surface area contributed by atoms with Gasteiger partial charge in [-0.3, -0.25) is 4.68 Å². The number of rotatable bonds is 2. The Balaban J connectivity index is 2.51. The summed E-state index contributed by atoms with van der Waals surface area (Å²) in [6, 6.07) is 4.44. The molecule has 0 radical (unpaired) electrons. The van der Waals surface area contributed by atoms with Gasteiger partial charge < -0.3 is 5.73 Å². The molecule has 1 heterocycles. The van der Waals surface area contributed by atoms with E-state index in [0.717, 1.165) is 28.1 Å². The van der Waals surface area contributed by atoms with Crippen molar-refractivity contribution < 1.29 is 4.39 Å². The summed E-state index contributed by atoms with van der Waals surface area (Å²) in [5.41, 5.74) is 11.1. The molecule has 1 atom stereocenters. The zero-order chi connectivity index (χ0) is 13.4. The Hall–Kier alpha value is -1.68. The molecule has 2 aromatic rings. The van der Waals surface area contributed by atoms with Crippen molar-refractivity contribution in [1.82, 2.24) is 9.78 Å². The summed E-state index contributed by atoms with van der Waals surface area (Å²) in [5, 5.41) is 4.37. The van der Waals surface area contributed by atoms with Crippen LogP contribution in [-0.2, 0) is 7.05 Å². The highest BCUT2D eigenvalue weighted by Crippen LogP contribution is 2.27. The number of nitrogens with two attached hydrogens (primary N) is 1. The molecule has 0 aliphatic rings. The lowest BCUT2D eigenvalue weighted by Crippen LogP contribution is -2.15. The van der Waals surface area contributed by atoms with Gasteiger partial charge in [-0.25, -0.2) is 4.39 Å². The van der Waals surface area contributed by atoms with E-state index in [1.165, 1.54) is 12.1 Å². The number of hydrogen-bond acceptors (Lipinski definition) is 2. The van der Waals surface area contributed by atoms with Gasteiger partial charge in [0.25, 0.3) is 0 Å². The van der Waals surface area contributed by atoms with Gasteiger partial charge in [-0.2, -0.15) is 5.10 Å². The van der Waals surface area contributed by atoms with Crippen LogP contribution in [0.15, 0.2) is 18.2 Å². The van der Waals surface area contributed by atoms with Gasteiger partial charge in [-0.05, 0) is 44.0 Å². The summed E-state index contributed by atoms with van der Waals surface area (Å²) in [6.07, 6.45) is 0. The molecular weight excluding hydrogens is 229 g/mol. The molecule has 0 saturated carbocycles. The zero-order valence-electron chi connectivity index (χ0n) is 11.2. The van der Waals surface area contributed by atoms with E-state index in [-0.39, 0.29) is 11.9 Å². The van der Waals surface area contributed by atoms with Crippen molar-refractivity contribution in [3.8, 4) is 0 Å². The predicted molar refractivity (Wildman–Crippen MR) is 69.8 cm³/mol. The third kappa shape index (κ3) is 2.04. The lowest BCUT2D eigenvalue weighted by molar-refractivity contribution is 0.624. The molecule has 0 fully saturated rings. The van der Waals surface area contributed by atoms with E-state index in [4.69, 9.17) is 5.73 Å². The van der Waals surface area contributed by atoms with E-state index >= 15 is 0 Å². The van der Waals surface area contributed by atoms with Crippen LogP contribution in [0.2, 0.25) is 0 Å². The normalized spacial score (nSPS) is 12.8. The average Bonchev–Trinajstić information content (AvgIpc) is 2.52. The summed E-state index contributed by atoms with van der Waals surface area (Å²) in [5.74, 6) is -0.233. The van der Waals surface area contributed by atoms with Crippen LogP contribution in [-0.4, -0.2) is 9.78 Å². The van der Waals surface area contributed by atoms with E-state index in [1.807, 2.05) is 32.5 Å². The number of benzene rings is 1. The van der Waals surface area contributed by atoms with Crippen molar-refractivity contribution in [2.24, 2.45) is 12.8 Å². The highest BCUT2D eigenvalue weighted by atomic mass is 19.1. The molecule has 1 aromatic heterocycles. The highest BCUT2D eigenvalue weighted by Gasteiger charge is 2.19. The van der Waals surface area contributed by atoms with Crippen LogP contribution in [0.3, 0.4) is 0 Å². The Morgan fingerprint density at radius 3 is 2.44 bits per heavy atom. The van der Waals surface area contributed by atoms with E-state index in [0.29, 0.717) is 0 Å². The molecule has 96 valence electrons. The maximum Gasteiger partial charge on any atom is 0.123 e. The quantitative estimate of drug-likeness (QED) is 0.886. The number of aryl methyl sites for hydroxylation is 3. The second-order valence-electron chi connectivity index (χ2n) is 4.69. The lowest BCUT2D eigenvalue weighted by atomic mass is 9.94. The zero-order valence-corrected chi connectivity index (χ0v) is 11.2. The van der Waals surface area contributed by atoms with Gasteiger partial charge in [0.2, 0.25) is 0 Å². The molecule has 0 aliphatic heterocycles. The van der Waals surface area contributed by atoms with Crippen LogP contribution in [0.5, 0.6) is 0 Å². The number of nitrogens with zero attached hydrogens (tertiary/aromatic N) is 2. The number of aromatic nitrogens is 2. The van der Waals surface area contributed by atoms with Crippen molar-refractivity contribution in [3.63, 3.8) is 0 Å². The minimum Gasteiger partial charge on any atom is -0.320 e. The largest absolute Gasteiger partial charge is 0.320 e. The molecule has 0 bridgehead atoms. The Morgan fingerprint density at radius 1 is 1.28 bits per heavy atom. The fourth-order valence-electron chi connectivity index (χ4n) is 2.38. The first-order chi connectivity index (χ1) is 8.41. The van der Waals surface area contributed by atoms with Gasteiger partial charge in [-0.1, -0.05) is 6.07 Å². The van der Waals surface area contributed by atoms with Gasteiger partial charge in [0.05, 0.1) is 11.7 Å². The van der Waals surface area contributed by atoms with Gasteiger partial charge >= 0.3 is 0 Å². The molecule has 3 nitrogen and oxygen atoms in total. The molecule has 2 N–H and O–H groups in total. The Morgan fingerprint density at radius 2 is 1.94 bits per heavy atom. The molecule has 1 unspecified atom stereocenters. The van der Waals surface area contributed by atoms with Crippen molar-refractivity contribution in [2.45, 2.75) is 26.8 Å². The van der Waals surface area contributed by atoms with Gasteiger partial charge in [0.1, 0.15) is 5.82 Å². The maximum absolute atomic E-state index is 13.1. The van der Waals surface area contributed by atoms with Gasteiger partial charge in [0, 0.05) is 18.3 Å². The lowest BCUT2D eigenvalue weighted by Gasteiger charge is -2.15. The molecule has 0 aliphatic carbocycles. The first-order valence-electron chi connectivity index (χ1n) is 5.93. The van der Waals surface area contributed by atoms with Crippen LogP contribution in [0.25, 0.3) is 0 Å². The molecule has 1 aromatic carbocycles. The fraction of sp³-hybridized carbons (Fsp3) is 0.357. The number of halogens is 1. The smallest absolute Gasteiger partial charge is 0.123 e. The Kier molecular flexibility index (Phi) is 3.22. The molecule has 0 saturated heterocycles. The first-order valence-corrected chi connectivity index (χ1v) is 5.93. The van der Waals surface area contributed by atoms with Crippen molar-refractivity contribution in [1.29, 1.82) is 0 Å². The third-order valence-electron chi connectivity index (χ3n) is 3.44. The maximum atomic E-state index is 13.1. The van der Waals surface area contributed by atoms with Gasteiger partial charge in [-0.15, -0.1) is 0 Å². The van der Waals surface area contributed by atoms with Crippen LogP contribution in [0, 0.1) is 26.6 Å². The molecular formula is C14H18FN3. The Labute approximate surface area is 106 Å². The summed E-state index contributed by atoms with van der Waals surface area (Å²) in [4.78, 5) is 0. The SMILES string of the molecule is Cc1cc(F)ccc1C(N)c1c(C)nn(C)c1C. The average molecular weight is 247 g/mol. The van der Waals surface area contributed by atoms with E-state index < -0.39 is 0 Å². The molecule has 4 heteroatoms. The third-order valence-corrected chi connectivity index (χ3v) is 3.44. The topological polar surface area (TPSA) is 43.8 Å². The summed E-state index contributed by atoms with van der Waals surface area (Å²) in [6.45, 7) is 5.81. The fourth-order valence-corrected chi connectivity index (χ4v) is 2.38. The van der Waals surface area contributed by atoms with E-state index in [1.54, 1.807) is 6.07 Å². The summed E-state index contributed by atoms with van der Waals surface area (Å²) < 4.78 is 14.9. The first kappa shape index (κ1) is 12.8. The minimum absolute atomic E-state index is 0.233. The highest BCUT2D eigenvalue weighted by molar-refractivity contribution is 5.40. The van der Waals surface area contributed by atoms with Crippen LogP contribution in [0.4, 0.5) is 4.39 Å². The van der Waals surface area contributed by atoms with Gasteiger partial charge in [0.15, 0.2) is 0 Å². The van der Waals surface area contributed by atoms with Crippen molar-refractivity contribution in [3.05, 3.63) is 52.1 Å².